The third-order valence-corrected chi connectivity index (χ3v) is 4.42. The molecule has 6 nitrogen and oxygen atoms in total. The molecule has 1 fully saturated rings. The first-order valence-electron chi connectivity index (χ1n) is 9.10. The zero-order chi connectivity index (χ0) is 19.1. The molecule has 2 aromatic carbocycles. The number of benzene rings is 2. The lowest BCUT2D eigenvalue weighted by Crippen LogP contribution is -2.42. The second kappa shape index (κ2) is 9.19. The number of nitrogens with zero attached hydrogens (tertiary/aromatic N) is 2. The van der Waals surface area contributed by atoms with Crippen LogP contribution >= 0.6 is 0 Å². The molecule has 0 aromatic heterocycles. The zero-order valence-electron chi connectivity index (χ0n) is 15.5. The topological polar surface area (TPSA) is 59.1 Å². The molecular weight excluding hydrogens is 344 g/mol. The number of hydrogen-bond acceptors (Lipinski definition) is 4. The van der Waals surface area contributed by atoms with Crippen LogP contribution in [0.15, 0.2) is 54.6 Å². The molecule has 0 radical (unpaired) electrons. The van der Waals surface area contributed by atoms with Gasteiger partial charge in [0.2, 0.25) is 11.8 Å². The standard InChI is InChI=1S/C21H24N2O4/c1-17(24)23(12-11-21(25)22-13-15-26-16-14-22)19-9-5-6-10-20(19)27-18-7-3-2-4-8-18/h2-10H,11-16H2,1H3. The van der Waals surface area contributed by atoms with E-state index in [1.807, 2.05) is 54.6 Å². The summed E-state index contributed by atoms with van der Waals surface area (Å²) in [5.41, 5.74) is 0.656. The molecule has 3 rings (SSSR count). The lowest BCUT2D eigenvalue weighted by molar-refractivity contribution is -0.135. The minimum atomic E-state index is -0.131. The largest absolute Gasteiger partial charge is 0.455 e. The van der Waals surface area contributed by atoms with Gasteiger partial charge in [-0.2, -0.15) is 0 Å². The van der Waals surface area contributed by atoms with Gasteiger partial charge < -0.3 is 19.3 Å². The molecule has 27 heavy (non-hydrogen) atoms. The van der Waals surface area contributed by atoms with E-state index in [4.69, 9.17) is 9.47 Å². The monoisotopic (exact) mass is 368 g/mol. The normalized spacial score (nSPS) is 13.9. The van der Waals surface area contributed by atoms with E-state index < -0.39 is 0 Å². The Labute approximate surface area is 159 Å². The Morgan fingerprint density at radius 1 is 1.04 bits per heavy atom. The maximum absolute atomic E-state index is 12.4. The van der Waals surface area contributed by atoms with Gasteiger partial charge in [0.05, 0.1) is 18.9 Å². The molecule has 142 valence electrons. The molecule has 0 saturated carbocycles. The Kier molecular flexibility index (Phi) is 6.44. The van der Waals surface area contributed by atoms with Crippen LogP contribution in [-0.4, -0.2) is 49.6 Å². The number of anilines is 1. The van der Waals surface area contributed by atoms with Crippen LogP contribution in [0.3, 0.4) is 0 Å². The maximum Gasteiger partial charge on any atom is 0.224 e. The minimum Gasteiger partial charge on any atom is -0.455 e. The van der Waals surface area contributed by atoms with Gasteiger partial charge in [-0.05, 0) is 24.3 Å². The molecule has 0 spiro atoms. The van der Waals surface area contributed by atoms with Crippen molar-refractivity contribution in [3.05, 3.63) is 54.6 Å². The van der Waals surface area contributed by atoms with Crippen LogP contribution in [0, 0.1) is 0 Å². The van der Waals surface area contributed by atoms with Gasteiger partial charge in [0.25, 0.3) is 0 Å². The number of para-hydroxylation sites is 3. The van der Waals surface area contributed by atoms with E-state index in [9.17, 15) is 9.59 Å². The molecular formula is C21H24N2O4. The van der Waals surface area contributed by atoms with Crippen molar-refractivity contribution in [1.82, 2.24) is 4.90 Å². The van der Waals surface area contributed by atoms with Crippen molar-refractivity contribution in [2.75, 3.05) is 37.7 Å². The van der Waals surface area contributed by atoms with Crippen LogP contribution < -0.4 is 9.64 Å². The molecule has 6 heteroatoms. The first-order chi connectivity index (χ1) is 13.1. The average Bonchev–Trinajstić information content (AvgIpc) is 2.70. The van der Waals surface area contributed by atoms with Gasteiger partial charge in [-0.25, -0.2) is 0 Å². The number of rotatable bonds is 6. The summed E-state index contributed by atoms with van der Waals surface area (Å²) in [6.45, 7) is 4.14. The van der Waals surface area contributed by atoms with Crippen molar-refractivity contribution in [3.63, 3.8) is 0 Å². The van der Waals surface area contributed by atoms with E-state index >= 15 is 0 Å². The van der Waals surface area contributed by atoms with Crippen molar-refractivity contribution in [2.24, 2.45) is 0 Å². The Morgan fingerprint density at radius 3 is 2.41 bits per heavy atom. The summed E-state index contributed by atoms with van der Waals surface area (Å²) in [6, 6.07) is 16.8. The molecule has 0 atom stereocenters. The smallest absolute Gasteiger partial charge is 0.224 e. The SMILES string of the molecule is CC(=O)N(CCC(=O)N1CCOCC1)c1ccccc1Oc1ccccc1. The lowest BCUT2D eigenvalue weighted by Gasteiger charge is -2.28. The highest BCUT2D eigenvalue weighted by molar-refractivity contribution is 5.94. The number of amides is 2. The van der Waals surface area contributed by atoms with Crippen LogP contribution in [0.2, 0.25) is 0 Å². The van der Waals surface area contributed by atoms with E-state index in [0.717, 1.165) is 0 Å². The van der Waals surface area contributed by atoms with Gasteiger partial charge in [0, 0.05) is 33.0 Å². The van der Waals surface area contributed by atoms with Crippen LogP contribution in [0.1, 0.15) is 13.3 Å². The summed E-state index contributed by atoms with van der Waals surface area (Å²) in [7, 11) is 0. The third-order valence-electron chi connectivity index (χ3n) is 4.42. The predicted molar refractivity (Wildman–Crippen MR) is 103 cm³/mol. The highest BCUT2D eigenvalue weighted by atomic mass is 16.5. The number of hydrogen-bond donors (Lipinski definition) is 0. The average molecular weight is 368 g/mol. The fraction of sp³-hybridized carbons (Fsp3) is 0.333. The Morgan fingerprint density at radius 2 is 1.70 bits per heavy atom. The van der Waals surface area contributed by atoms with Crippen molar-refractivity contribution in [3.8, 4) is 11.5 Å². The predicted octanol–water partition coefficient (Wildman–Crippen LogP) is 3.08. The summed E-state index contributed by atoms with van der Waals surface area (Å²) in [4.78, 5) is 28.1. The fourth-order valence-corrected chi connectivity index (χ4v) is 3.01. The molecule has 1 heterocycles. The number of ether oxygens (including phenoxy) is 2. The van der Waals surface area contributed by atoms with Crippen LogP contribution in [0.4, 0.5) is 5.69 Å². The summed E-state index contributed by atoms with van der Waals surface area (Å²) in [6.07, 6.45) is 0.263. The Balaban J connectivity index is 1.73. The van der Waals surface area contributed by atoms with Crippen LogP contribution in [0.5, 0.6) is 11.5 Å². The summed E-state index contributed by atoms with van der Waals surface area (Å²) in [5.74, 6) is 1.18. The summed E-state index contributed by atoms with van der Waals surface area (Å²) >= 11 is 0. The van der Waals surface area contributed by atoms with E-state index in [-0.39, 0.29) is 18.2 Å². The quantitative estimate of drug-likeness (QED) is 0.786. The number of carbonyl (C=O) groups is 2. The zero-order valence-corrected chi connectivity index (χ0v) is 15.5. The first kappa shape index (κ1) is 18.9. The van der Waals surface area contributed by atoms with Crippen molar-refractivity contribution >= 4 is 17.5 Å². The van der Waals surface area contributed by atoms with E-state index in [0.29, 0.717) is 50.0 Å². The molecule has 0 N–H and O–H groups in total. The molecule has 1 aliphatic rings. The Bertz CT molecular complexity index is 773. The highest BCUT2D eigenvalue weighted by Gasteiger charge is 2.21. The van der Waals surface area contributed by atoms with E-state index in [2.05, 4.69) is 0 Å². The van der Waals surface area contributed by atoms with E-state index in [1.54, 1.807) is 9.80 Å². The molecule has 1 aliphatic heterocycles. The molecule has 2 amide bonds. The van der Waals surface area contributed by atoms with Crippen molar-refractivity contribution < 1.29 is 19.1 Å². The van der Waals surface area contributed by atoms with Gasteiger partial charge >= 0.3 is 0 Å². The van der Waals surface area contributed by atoms with Gasteiger partial charge in [0.1, 0.15) is 5.75 Å². The lowest BCUT2D eigenvalue weighted by atomic mass is 10.2. The van der Waals surface area contributed by atoms with E-state index in [1.165, 1.54) is 6.92 Å². The third kappa shape index (κ3) is 5.08. The second-order valence-electron chi connectivity index (χ2n) is 6.30. The maximum atomic E-state index is 12.4. The fourth-order valence-electron chi connectivity index (χ4n) is 3.01. The van der Waals surface area contributed by atoms with Gasteiger partial charge in [-0.15, -0.1) is 0 Å². The van der Waals surface area contributed by atoms with Crippen LogP contribution in [0.25, 0.3) is 0 Å². The van der Waals surface area contributed by atoms with Gasteiger partial charge in [-0.1, -0.05) is 30.3 Å². The molecule has 0 aliphatic carbocycles. The highest BCUT2D eigenvalue weighted by Crippen LogP contribution is 2.32. The summed E-state index contributed by atoms with van der Waals surface area (Å²) in [5, 5.41) is 0. The minimum absolute atomic E-state index is 0.0333. The first-order valence-corrected chi connectivity index (χ1v) is 9.10. The molecule has 0 bridgehead atoms. The van der Waals surface area contributed by atoms with Gasteiger partial charge in [0.15, 0.2) is 5.75 Å². The van der Waals surface area contributed by atoms with Crippen LogP contribution in [-0.2, 0) is 14.3 Å². The summed E-state index contributed by atoms with van der Waals surface area (Å²) < 4.78 is 11.2. The second-order valence-corrected chi connectivity index (χ2v) is 6.30. The molecule has 2 aromatic rings. The molecule has 0 unspecified atom stereocenters. The number of morpholine rings is 1. The molecule has 1 saturated heterocycles. The Hall–Kier alpha value is -2.86. The van der Waals surface area contributed by atoms with Crippen molar-refractivity contribution in [1.29, 1.82) is 0 Å². The number of carbonyl (C=O) groups excluding carboxylic acids is 2. The van der Waals surface area contributed by atoms with Crippen molar-refractivity contribution in [2.45, 2.75) is 13.3 Å². The van der Waals surface area contributed by atoms with Gasteiger partial charge in [-0.3, -0.25) is 9.59 Å².